The highest BCUT2D eigenvalue weighted by molar-refractivity contribution is 9.10. The number of hydrogen-bond acceptors (Lipinski definition) is 5. The number of sulfone groups is 1. The number of anilines is 1. The Kier molecular flexibility index (Phi) is 5.09. The number of hydrogen-bond donors (Lipinski definition) is 1. The molecule has 0 aliphatic rings. The molecule has 1 aromatic carbocycles. The second-order valence-electron chi connectivity index (χ2n) is 3.83. The Bertz CT molecular complexity index is 545. The lowest BCUT2D eigenvalue weighted by Crippen LogP contribution is -2.10. The molecule has 0 amide bonds. The molecular formula is C10H13BrN2O4S. The van der Waals surface area contributed by atoms with Gasteiger partial charge in [0.1, 0.15) is 9.84 Å². The number of nitro groups is 1. The molecule has 0 aromatic heterocycles. The maximum Gasteiger partial charge on any atom is 0.270 e. The van der Waals surface area contributed by atoms with Crippen molar-refractivity contribution in [3.05, 3.63) is 32.8 Å². The van der Waals surface area contributed by atoms with Gasteiger partial charge in [-0.05, 0) is 28.4 Å². The number of benzene rings is 1. The van der Waals surface area contributed by atoms with Crippen LogP contribution in [0.3, 0.4) is 0 Å². The molecule has 6 nitrogen and oxygen atoms in total. The normalized spacial score (nSPS) is 11.2. The molecule has 0 saturated heterocycles. The minimum atomic E-state index is -2.95. The molecule has 8 heteroatoms. The van der Waals surface area contributed by atoms with Gasteiger partial charge in [0.05, 0.1) is 10.7 Å². The van der Waals surface area contributed by atoms with Crippen LogP contribution in [0.25, 0.3) is 0 Å². The van der Waals surface area contributed by atoms with Crippen molar-refractivity contribution in [2.75, 3.05) is 23.9 Å². The fourth-order valence-corrected chi connectivity index (χ4v) is 2.49. The van der Waals surface area contributed by atoms with Gasteiger partial charge in [-0.1, -0.05) is 0 Å². The Hall–Kier alpha value is -1.15. The summed E-state index contributed by atoms with van der Waals surface area (Å²) < 4.78 is 22.4. The van der Waals surface area contributed by atoms with Gasteiger partial charge >= 0.3 is 0 Å². The number of nitro benzene ring substituents is 1. The SMILES string of the molecule is CS(=O)(=O)CCCNc1ccc([N+](=O)[O-])cc1Br. The first kappa shape index (κ1) is 14.9. The first-order valence-corrected chi connectivity index (χ1v) is 8.00. The summed E-state index contributed by atoms with van der Waals surface area (Å²) in [6.07, 6.45) is 1.68. The molecule has 0 spiro atoms. The van der Waals surface area contributed by atoms with E-state index in [1.54, 1.807) is 6.07 Å². The van der Waals surface area contributed by atoms with Gasteiger partial charge in [0.25, 0.3) is 5.69 Å². The maximum atomic E-state index is 10.9. The highest BCUT2D eigenvalue weighted by atomic mass is 79.9. The van der Waals surface area contributed by atoms with Gasteiger partial charge in [-0.2, -0.15) is 0 Å². The van der Waals surface area contributed by atoms with E-state index in [4.69, 9.17) is 0 Å². The van der Waals surface area contributed by atoms with E-state index in [0.717, 1.165) is 0 Å². The van der Waals surface area contributed by atoms with E-state index in [1.807, 2.05) is 0 Å². The lowest BCUT2D eigenvalue weighted by Gasteiger charge is -2.07. The van der Waals surface area contributed by atoms with Gasteiger partial charge in [0, 0.05) is 35.1 Å². The number of halogens is 1. The lowest BCUT2D eigenvalue weighted by molar-refractivity contribution is -0.384. The van der Waals surface area contributed by atoms with Crippen molar-refractivity contribution in [2.24, 2.45) is 0 Å². The summed E-state index contributed by atoms with van der Waals surface area (Å²) >= 11 is 3.22. The van der Waals surface area contributed by atoms with Crippen LogP contribution < -0.4 is 5.32 Å². The molecule has 0 atom stereocenters. The highest BCUT2D eigenvalue weighted by Gasteiger charge is 2.09. The van der Waals surface area contributed by atoms with E-state index < -0.39 is 14.8 Å². The number of nitrogens with zero attached hydrogens (tertiary/aromatic N) is 1. The monoisotopic (exact) mass is 336 g/mol. The van der Waals surface area contributed by atoms with Crippen molar-refractivity contribution in [1.29, 1.82) is 0 Å². The summed E-state index contributed by atoms with van der Waals surface area (Å²) in [6, 6.07) is 4.38. The zero-order valence-electron chi connectivity index (χ0n) is 9.72. The van der Waals surface area contributed by atoms with E-state index in [-0.39, 0.29) is 11.4 Å². The predicted octanol–water partition coefficient (Wildman–Crippen LogP) is 2.20. The molecule has 0 heterocycles. The molecule has 0 radical (unpaired) electrons. The van der Waals surface area contributed by atoms with Gasteiger partial charge < -0.3 is 5.32 Å². The van der Waals surface area contributed by atoms with Crippen LogP contribution in [0.4, 0.5) is 11.4 Å². The Morgan fingerprint density at radius 2 is 2.11 bits per heavy atom. The molecule has 1 N–H and O–H groups in total. The topological polar surface area (TPSA) is 89.3 Å². The summed E-state index contributed by atoms with van der Waals surface area (Å²) in [5.41, 5.74) is 0.706. The summed E-state index contributed by atoms with van der Waals surface area (Å²) in [5.74, 6) is 0.116. The average molecular weight is 337 g/mol. The van der Waals surface area contributed by atoms with E-state index in [9.17, 15) is 18.5 Å². The molecule has 0 aliphatic carbocycles. The number of non-ortho nitro benzene ring substituents is 1. The van der Waals surface area contributed by atoms with Crippen LogP contribution in [0, 0.1) is 10.1 Å². The second-order valence-corrected chi connectivity index (χ2v) is 6.95. The van der Waals surface area contributed by atoms with Crippen molar-refractivity contribution in [3.63, 3.8) is 0 Å². The zero-order chi connectivity index (χ0) is 13.8. The molecule has 0 aliphatic heterocycles. The molecule has 0 bridgehead atoms. The summed E-state index contributed by atoms with van der Waals surface area (Å²) in [7, 11) is -2.95. The van der Waals surface area contributed by atoms with Gasteiger partial charge in [-0.25, -0.2) is 8.42 Å². The van der Waals surface area contributed by atoms with Crippen molar-refractivity contribution in [3.8, 4) is 0 Å². The Morgan fingerprint density at radius 3 is 2.61 bits per heavy atom. The van der Waals surface area contributed by atoms with Gasteiger partial charge in [0.2, 0.25) is 0 Å². The predicted molar refractivity (Wildman–Crippen MR) is 73.6 cm³/mol. The van der Waals surface area contributed by atoms with E-state index in [1.165, 1.54) is 18.4 Å². The van der Waals surface area contributed by atoms with Crippen LogP contribution in [0.2, 0.25) is 0 Å². The average Bonchev–Trinajstić information content (AvgIpc) is 2.24. The van der Waals surface area contributed by atoms with Crippen LogP contribution in [-0.4, -0.2) is 31.9 Å². The first-order chi connectivity index (χ1) is 8.29. The molecule has 100 valence electrons. The molecule has 1 aromatic rings. The summed E-state index contributed by atoms with van der Waals surface area (Å²) in [4.78, 5) is 10.1. The quantitative estimate of drug-likeness (QED) is 0.488. The summed E-state index contributed by atoms with van der Waals surface area (Å²) in [5, 5.41) is 13.6. The number of nitrogens with one attached hydrogen (secondary N) is 1. The minimum absolute atomic E-state index is 0.00330. The lowest BCUT2D eigenvalue weighted by atomic mass is 10.3. The van der Waals surface area contributed by atoms with E-state index >= 15 is 0 Å². The van der Waals surface area contributed by atoms with Crippen molar-refractivity contribution >= 4 is 37.1 Å². The first-order valence-electron chi connectivity index (χ1n) is 5.15. The van der Waals surface area contributed by atoms with Gasteiger partial charge in [-0.3, -0.25) is 10.1 Å². The van der Waals surface area contributed by atoms with Crippen LogP contribution in [0.1, 0.15) is 6.42 Å². The Morgan fingerprint density at radius 1 is 1.44 bits per heavy atom. The van der Waals surface area contributed by atoms with Crippen molar-refractivity contribution in [2.45, 2.75) is 6.42 Å². The smallest absolute Gasteiger partial charge is 0.270 e. The third-order valence-corrected chi connectivity index (χ3v) is 3.86. The fraction of sp³-hybridized carbons (Fsp3) is 0.400. The zero-order valence-corrected chi connectivity index (χ0v) is 12.1. The fourth-order valence-electron chi connectivity index (χ4n) is 1.32. The van der Waals surface area contributed by atoms with Crippen molar-refractivity contribution in [1.82, 2.24) is 0 Å². The van der Waals surface area contributed by atoms with Crippen LogP contribution in [-0.2, 0) is 9.84 Å². The van der Waals surface area contributed by atoms with Crippen LogP contribution >= 0.6 is 15.9 Å². The molecular weight excluding hydrogens is 324 g/mol. The van der Waals surface area contributed by atoms with Crippen molar-refractivity contribution < 1.29 is 13.3 Å². The molecule has 0 saturated carbocycles. The largest absolute Gasteiger partial charge is 0.384 e. The molecule has 18 heavy (non-hydrogen) atoms. The minimum Gasteiger partial charge on any atom is -0.384 e. The highest BCUT2D eigenvalue weighted by Crippen LogP contribution is 2.26. The van der Waals surface area contributed by atoms with E-state index in [0.29, 0.717) is 23.1 Å². The molecule has 1 rings (SSSR count). The van der Waals surface area contributed by atoms with Gasteiger partial charge in [0.15, 0.2) is 0 Å². The Balaban J connectivity index is 2.56. The van der Waals surface area contributed by atoms with Gasteiger partial charge in [-0.15, -0.1) is 0 Å². The third-order valence-electron chi connectivity index (χ3n) is 2.17. The molecule has 0 unspecified atom stereocenters. The maximum absolute atomic E-state index is 10.9. The standard InChI is InChI=1S/C10H13BrN2O4S/c1-18(16,17)6-2-5-12-10-4-3-8(13(14)15)7-9(10)11/h3-4,7,12H,2,5-6H2,1H3. The van der Waals surface area contributed by atoms with Crippen LogP contribution in [0.5, 0.6) is 0 Å². The van der Waals surface area contributed by atoms with E-state index in [2.05, 4.69) is 21.2 Å². The summed E-state index contributed by atoms with van der Waals surface area (Å²) in [6.45, 7) is 0.490. The molecule has 0 fully saturated rings. The third kappa shape index (κ3) is 5.01. The van der Waals surface area contributed by atoms with Crippen LogP contribution in [0.15, 0.2) is 22.7 Å². The second kappa shape index (κ2) is 6.14. The number of rotatable bonds is 6. The Labute approximate surface area is 114 Å².